The van der Waals surface area contributed by atoms with E-state index in [1.54, 1.807) is 26.4 Å². The topological polar surface area (TPSA) is 50.7 Å². The molecule has 2 atom stereocenters. The zero-order valence-electron chi connectivity index (χ0n) is 15.0. The van der Waals surface area contributed by atoms with Gasteiger partial charge >= 0.3 is 0 Å². The smallest absolute Gasteiger partial charge is 0.160 e. The Morgan fingerprint density at radius 3 is 2.48 bits per heavy atom. The second kappa shape index (κ2) is 9.66. The van der Waals surface area contributed by atoms with Gasteiger partial charge in [-0.05, 0) is 48.2 Å². The molecule has 4 nitrogen and oxygen atoms in total. The van der Waals surface area contributed by atoms with Crippen LogP contribution in [0.15, 0.2) is 42.5 Å². The van der Waals surface area contributed by atoms with E-state index in [9.17, 15) is 5.11 Å². The molecule has 0 saturated carbocycles. The van der Waals surface area contributed by atoms with Gasteiger partial charge in [0.05, 0.1) is 20.3 Å². The van der Waals surface area contributed by atoms with Crippen LogP contribution in [0.1, 0.15) is 30.6 Å². The van der Waals surface area contributed by atoms with Crippen molar-refractivity contribution in [2.24, 2.45) is 0 Å². The first kappa shape index (κ1) is 19.6. The van der Waals surface area contributed by atoms with Crippen molar-refractivity contribution in [2.45, 2.75) is 31.9 Å². The van der Waals surface area contributed by atoms with Gasteiger partial charge in [-0.3, -0.25) is 0 Å². The third-order valence-corrected chi connectivity index (χ3v) is 4.49. The molecule has 0 aromatic heterocycles. The molecule has 136 valence electrons. The second-order valence-electron chi connectivity index (χ2n) is 5.98. The third-order valence-electron chi connectivity index (χ3n) is 4.26. The molecule has 0 saturated heterocycles. The molecule has 0 aliphatic heterocycles. The van der Waals surface area contributed by atoms with Gasteiger partial charge in [0.25, 0.3) is 0 Å². The number of aliphatic hydroxyl groups excluding tert-OH is 1. The van der Waals surface area contributed by atoms with Crippen molar-refractivity contribution in [3.05, 3.63) is 58.6 Å². The normalized spacial score (nSPS) is 13.3. The maximum Gasteiger partial charge on any atom is 0.160 e. The quantitative estimate of drug-likeness (QED) is 0.707. The summed E-state index contributed by atoms with van der Waals surface area (Å²) in [5.41, 5.74) is 1.98. The Morgan fingerprint density at radius 2 is 1.84 bits per heavy atom. The van der Waals surface area contributed by atoms with E-state index >= 15 is 0 Å². The summed E-state index contributed by atoms with van der Waals surface area (Å²) in [5.74, 6) is 1.46. The summed E-state index contributed by atoms with van der Waals surface area (Å²) in [6, 6.07) is 13.5. The molecule has 2 N–H and O–H groups in total. The molecule has 0 aliphatic carbocycles. The Labute approximate surface area is 154 Å². The van der Waals surface area contributed by atoms with E-state index in [0.29, 0.717) is 11.6 Å². The first-order chi connectivity index (χ1) is 12.1. The third kappa shape index (κ3) is 5.63. The largest absolute Gasteiger partial charge is 0.493 e. The molecule has 0 amide bonds. The molecule has 0 aliphatic rings. The summed E-state index contributed by atoms with van der Waals surface area (Å²) in [4.78, 5) is 0. The fourth-order valence-electron chi connectivity index (χ4n) is 2.76. The highest BCUT2D eigenvalue weighted by atomic mass is 35.5. The van der Waals surface area contributed by atoms with Crippen molar-refractivity contribution >= 4 is 11.6 Å². The predicted octanol–water partition coefficient (Wildman–Crippen LogP) is 4.00. The highest BCUT2D eigenvalue weighted by Crippen LogP contribution is 2.28. The molecule has 0 radical (unpaired) electrons. The fourth-order valence-corrected chi connectivity index (χ4v) is 2.96. The minimum atomic E-state index is -0.585. The Bertz CT molecular complexity index is 678. The van der Waals surface area contributed by atoms with E-state index in [4.69, 9.17) is 21.1 Å². The van der Waals surface area contributed by atoms with Crippen LogP contribution in [0.4, 0.5) is 0 Å². The number of halogens is 1. The Kier molecular flexibility index (Phi) is 7.56. The lowest BCUT2D eigenvalue weighted by Crippen LogP contribution is -2.34. The maximum absolute atomic E-state index is 10.3. The average molecular weight is 364 g/mol. The van der Waals surface area contributed by atoms with Crippen LogP contribution in [0.3, 0.4) is 0 Å². The van der Waals surface area contributed by atoms with Crippen molar-refractivity contribution in [1.82, 2.24) is 5.32 Å². The van der Waals surface area contributed by atoms with Gasteiger partial charge in [0.2, 0.25) is 0 Å². The fraction of sp³-hybridized carbons (Fsp3) is 0.400. The second-order valence-corrected chi connectivity index (χ2v) is 6.41. The molecule has 2 rings (SSSR count). The van der Waals surface area contributed by atoms with Gasteiger partial charge in [-0.1, -0.05) is 36.7 Å². The van der Waals surface area contributed by atoms with Crippen molar-refractivity contribution in [3.63, 3.8) is 0 Å². The number of methoxy groups -OCH3 is 2. The van der Waals surface area contributed by atoms with Crippen LogP contribution >= 0.6 is 11.6 Å². The monoisotopic (exact) mass is 363 g/mol. The number of aliphatic hydroxyl groups is 1. The summed E-state index contributed by atoms with van der Waals surface area (Å²) in [6.45, 7) is 2.61. The molecule has 0 fully saturated rings. The van der Waals surface area contributed by atoms with Crippen LogP contribution in [0.5, 0.6) is 11.5 Å². The molecular formula is C20H26ClNO3. The van der Waals surface area contributed by atoms with Crippen molar-refractivity contribution < 1.29 is 14.6 Å². The van der Waals surface area contributed by atoms with Gasteiger partial charge in [-0.25, -0.2) is 0 Å². The standard InChI is InChI=1S/C20H26ClNO3/c1-4-17(10-14-8-9-19(24-2)20(11-14)25-3)22-13-18(23)15-6-5-7-16(21)12-15/h5-9,11-12,17-18,22-23H,4,10,13H2,1-3H3/t17?,18-/m0/s1. The molecule has 0 heterocycles. The summed E-state index contributed by atoms with van der Waals surface area (Å²) < 4.78 is 10.6. The van der Waals surface area contributed by atoms with Gasteiger partial charge in [0, 0.05) is 17.6 Å². The number of rotatable bonds is 9. The maximum atomic E-state index is 10.3. The number of nitrogens with one attached hydrogen (secondary N) is 1. The minimum absolute atomic E-state index is 0.256. The van der Waals surface area contributed by atoms with Crippen LogP contribution in [-0.4, -0.2) is 31.9 Å². The Balaban J connectivity index is 1.96. The summed E-state index contributed by atoms with van der Waals surface area (Å²) >= 11 is 5.99. The van der Waals surface area contributed by atoms with Crippen molar-refractivity contribution in [3.8, 4) is 11.5 Å². The molecule has 25 heavy (non-hydrogen) atoms. The van der Waals surface area contributed by atoms with E-state index in [1.807, 2.05) is 30.3 Å². The molecule has 0 bridgehead atoms. The van der Waals surface area contributed by atoms with Gasteiger partial charge in [0.1, 0.15) is 0 Å². The van der Waals surface area contributed by atoms with Gasteiger partial charge < -0.3 is 19.9 Å². The Morgan fingerprint density at radius 1 is 1.08 bits per heavy atom. The zero-order valence-corrected chi connectivity index (χ0v) is 15.7. The van der Waals surface area contributed by atoms with E-state index < -0.39 is 6.10 Å². The van der Waals surface area contributed by atoms with Crippen LogP contribution in [0.2, 0.25) is 5.02 Å². The molecule has 1 unspecified atom stereocenters. The number of ether oxygens (including phenoxy) is 2. The van der Waals surface area contributed by atoms with Crippen LogP contribution in [0.25, 0.3) is 0 Å². The lowest BCUT2D eigenvalue weighted by atomic mass is 10.0. The lowest BCUT2D eigenvalue weighted by Gasteiger charge is -2.20. The highest BCUT2D eigenvalue weighted by molar-refractivity contribution is 6.30. The zero-order chi connectivity index (χ0) is 18.2. The van der Waals surface area contributed by atoms with E-state index in [2.05, 4.69) is 12.2 Å². The predicted molar refractivity (Wildman–Crippen MR) is 102 cm³/mol. The van der Waals surface area contributed by atoms with E-state index in [-0.39, 0.29) is 6.04 Å². The summed E-state index contributed by atoms with van der Waals surface area (Å²) in [5, 5.41) is 14.4. The molecule has 5 heteroatoms. The van der Waals surface area contributed by atoms with Crippen molar-refractivity contribution in [1.29, 1.82) is 0 Å². The summed E-state index contributed by atoms with van der Waals surface area (Å²) in [6.07, 6.45) is 1.22. The van der Waals surface area contributed by atoms with Crippen LogP contribution in [-0.2, 0) is 6.42 Å². The minimum Gasteiger partial charge on any atom is -0.493 e. The SMILES string of the molecule is CCC(Cc1ccc(OC)c(OC)c1)NC[C@H](O)c1cccc(Cl)c1. The van der Waals surface area contributed by atoms with Gasteiger partial charge in [-0.15, -0.1) is 0 Å². The first-order valence-corrected chi connectivity index (χ1v) is 8.83. The van der Waals surface area contributed by atoms with E-state index in [1.165, 1.54) is 0 Å². The molecule has 2 aromatic carbocycles. The number of benzene rings is 2. The van der Waals surface area contributed by atoms with Gasteiger partial charge in [-0.2, -0.15) is 0 Å². The summed E-state index contributed by atoms with van der Waals surface area (Å²) in [7, 11) is 3.27. The molecule has 0 spiro atoms. The van der Waals surface area contributed by atoms with Crippen molar-refractivity contribution in [2.75, 3.05) is 20.8 Å². The van der Waals surface area contributed by atoms with Gasteiger partial charge in [0.15, 0.2) is 11.5 Å². The molecular weight excluding hydrogens is 338 g/mol. The van der Waals surface area contributed by atoms with Crippen LogP contribution < -0.4 is 14.8 Å². The van der Waals surface area contributed by atoms with E-state index in [0.717, 1.165) is 35.5 Å². The number of hydrogen-bond donors (Lipinski definition) is 2. The van der Waals surface area contributed by atoms with Crippen LogP contribution in [0, 0.1) is 0 Å². The molecule has 2 aromatic rings. The lowest BCUT2D eigenvalue weighted by molar-refractivity contribution is 0.169. The Hall–Kier alpha value is -1.75. The first-order valence-electron chi connectivity index (χ1n) is 8.45. The number of hydrogen-bond acceptors (Lipinski definition) is 4. The average Bonchev–Trinajstić information content (AvgIpc) is 2.64. The highest BCUT2D eigenvalue weighted by Gasteiger charge is 2.13.